The third kappa shape index (κ3) is 3.61. The summed E-state index contributed by atoms with van der Waals surface area (Å²) in [6.45, 7) is 4.43. The molecule has 0 atom stereocenters. The van der Waals surface area contributed by atoms with Gasteiger partial charge >= 0.3 is 0 Å². The Labute approximate surface area is 176 Å². The Hall–Kier alpha value is -2.71. The van der Waals surface area contributed by atoms with E-state index >= 15 is 0 Å². The van der Waals surface area contributed by atoms with Crippen LogP contribution < -0.4 is 10.5 Å². The van der Waals surface area contributed by atoms with Crippen molar-refractivity contribution in [2.75, 3.05) is 45.1 Å². The smallest absolute Gasteiger partial charge is 0.236 e. The molecule has 0 bridgehead atoms. The SMILES string of the molecule is Nc1ncc2c(n1)C1(CCN(C(=O)CN3CCOc4ccccc4C3)CC1)OCC2. The first-order chi connectivity index (χ1) is 14.6. The van der Waals surface area contributed by atoms with Crippen molar-refractivity contribution < 1.29 is 14.3 Å². The molecule has 1 saturated heterocycles. The molecule has 3 aliphatic heterocycles. The van der Waals surface area contributed by atoms with E-state index in [0.29, 0.717) is 32.8 Å². The highest BCUT2D eigenvalue weighted by Gasteiger charge is 2.43. The number of fused-ring (bicyclic) bond motifs is 3. The van der Waals surface area contributed by atoms with Crippen LogP contribution in [-0.2, 0) is 28.1 Å². The van der Waals surface area contributed by atoms with Gasteiger partial charge in [0.15, 0.2) is 0 Å². The van der Waals surface area contributed by atoms with Crippen molar-refractivity contribution in [3.63, 3.8) is 0 Å². The van der Waals surface area contributed by atoms with Crippen molar-refractivity contribution in [2.45, 2.75) is 31.4 Å². The van der Waals surface area contributed by atoms with Gasteiger partial charge in [-0.25, -0.2) is 9.97 Å². The van der Waals surface area contributed by atoms with Gasteiger partial charge in [-0.3, -0.25) is 9.69 Å². The van der Waals surface area contributed by atoms with Crippen LogP contribution in [0.2, 0.25) is 0 Å². The van der Waals surface area contributed by atoms with Crippen LogP contribution in [0.15, 0.2) is 30.5 Å². The number of amides is 1. The van der Waals surface area contributed by atoms with Gasteiger partial charge in [-0.05, 0) is 30.9 Å². The topological polar surface area (TPSA) is 93.8 Å². The molecule has 158 valence electrons. The largest absolute Gasteiger partial charge is 0.492 e. The summed E-state index contributed by atoms with van der Waals surface area (Å²) in [4.78, 5) is 25.8. The van der Waals surface area contributed by atoms with Crippen LogP contribution >= 0.6 is 0 Å². The summed E-state index contributed by atoms with van der Waals surface area (Å²) < 4.78 is 12.0. The van der Waals surface area contributed by atoms with Crippen molar-refractivity contribution in [1.29, 1.82) is 0 Å². The number of nitrogens with zero attached hydrogens (tertiary/aromatic N) is 4. The molecular formula is C22H27N5O3. The van der Waals surface area contributed by atoms with Gasteiger partial charge in [0.2, 0.25) is 11.9 Å². The van der Waals surface area contributed by atoms with Crippen LogP contribution in [0.5, 0.6) is 5.75 Å². The number of nitrogen functional groups attached to an aromatic ring is 1. The number of carbonyl (C=O) groups excluding carboxylic acids is 1. The Morgan fingerprint density at radius 3 is 2.83 bits per heavy atom. The molecule has 8 nitrogen and oxygen atoms in total. The number of anilines is 1. The molecule has 0 radical (unpaired) electrons. The first-order valence-corrected chi connectivity index (χ1v) is 10.6. The van der Waals surface area contributed by atoms with Crippen molar-refractivity contribution in [3.8, 4) is 5.75 Å². The maximum Gasteiger partial charge on any atom is 0.236 e. The number of rotatable bonds is 2. The van der Waals surface area contributed by atoms with Gasteiger partial charge in [0, 0.05) is 37.9 Å². The summed E-state index contributed by atoms with van der Waals surface area (Å²) in [6.07, 6.45) is 4.08. The number of aromatic nitrogens is 2. The number of likely N-dealkylation sites (tertiary alicyclic amines) is 1. The number of piperidine rings is 1. The number of hydrogen-bond donors (Lipinski definition) is 1. The third-order valence-electron chi connectivity index (χ3n) is 6.38. The number of carbonyl (C=O) groups is 1. The first kappa shape index (κ1) is 19.3. The fourth-order valence-electron chi connectivity index (χ4n) is 4.73. The van der Waals surface area contributed by atoms with Crippen LogP contribution in [-0.4, -0.2) is 65.1 Å². The van der Waals surface area contributed by atoms with Crippen LogP contribution in [0, 0.1) is 0 Å². The van der Waals surface area contributed by atoms with Gasteiger partial charge in [0.1, 0.15) is 18.0 Å². The number of hydrogen-bond acceptors (Lipinski definition) is 7. The van der Waals surface area contributed by atoms with E-state index in [9.17, 15) is 4.79 Å². The Kier molecular flexibility index (Phi) is 5.04. The summed E-state index contributed by atoms with van der Waals surface area (Å²) in [5.41, 5.74) is 8.54. The molecule has 0 unspecified atom stereocenters. The maximum absolute atomic E-state index is 13.0. The first-order valence-electron chi connectivity index (χ1n) is 10.6. The molecule has 5 rings (SSSR count). The Morgan fingerprint density at radius 2 is 1.97 bits per heavy atom. The minimum absolute atomic E-state index is 0.155. The Morgan fingerprint density at radius 1 is 1.13 bits per heavy atom. The summed E-state index contributed by atoms with van der Waals surface area (Å²) in [7, 11) is 0. The minimum atomic E-state index is -0.448. The molecule has 1 aromatic carbocycles. The van der Waals surface area contributed by atoms with E-state index in [1.165, 1.54) is 0 Å². The van der Waals surface area contributed by atoms with Gasteiger partial charge in [-0.1, -0.05) is 18.2 Å². The predicted molar refractivity (Wildman–Crippen MR) is 111 cm³/mol. The number of para-hydroxylation sites is 1. The lowest BCUT2D eigenvalue weighted by Crippen LogP contribution is -2.51. The normalized spacial score (nSPS) is 20.7. The van der Waals surface area contributed by atoms with E-state index in [4.69, 9.17) is 15.2 Å². The highest BCUT2D eigenvalue weighted by atomic mass is 16.5. The molecule has 3 aliphatic rings. The van der Waals surface area contributed by atoms with E-state index in [1.54, 1.807) is 0 Å². The number of benzene rings is 1. The predicted octanol–water partition coefficient (Wildman–Crippen LogP) is 1.34. The van der Waals surface area contributed by atoms with Gasteiger partial charge < -0.3 is 20.1 Å². The molecule has 30 heavy (non-hydrogen) atoms. The van der Waals surface area contributed by atoms with Crippen LogP contribution in [0.3, 0.4) is 0 Å². The number of nitrogens with two attached hydrogens (primary N) is 1. The molecule has 2 aromatic rings. The van der Waals surface area contributed by atoms with Crippen molar-refractivity contribution >= 4 is 11.9 Å². The summed E-state index contributed by atoms with van der Waals surface area (Å²) in [5, 5.41) is 0. The highest BCUT2D eigenvalue weighted by Crippen LogP contribution is 2.40. The second kappa shape index (κ2) is 7.85. The monoisotopic (exact) mass is 409 g/mol. The lowest BCUT2D eigenvalue weighted by molar-refractivity contribution is -0.142. The molecule has 4 heterocycles. The second-order valence-corrected chi connectivity index (χ2v) is 8.24. The molecule has 8 heteroatoms. The zero-order valence-electron chi connectivity index (χ0n) is 17.0. The molecule has 0 aliphatic carbocycles. The summed E-state index contributed by atoms with van der Waals surface area (Å²) in [5.74, 6) is 1.35. The Bertz CT molecular complexity index is 942. The van der Waals surface area contributed by atoms with Gasteiger partial charge in [0.05, 0.1) is 18.8 Å². The van der Waals surface area contributed by atoms with Gasteiger partial charge in [0.25, 0.3) is 0 Å². The fraction of sp³-hybridized carbons (Fsp3) is 0.500. The van der Waals surface area contributed by atoms with Crippen molar-refractivity contribution in [2.24, 2.45) is 0 Å². The van der Waals surface area contributed by atoms with Crippen LogP contribution in [0.4, 0.5) is 5.95 Å². The molecule has 1 fully saturated rings. The standard InChI is InChI=1S/C22H27N5O3/c23-21-24-13-16-5-11-30-22(20(16)25-21)6-8-27(9-7-22)19(28)15-26-10-12-29-18-4-2-1-3-17(18)14-26/h1-4,13H,5-12,14-15H2,(H2,23,24,25). The molecule has 1 amide bonds. The van der Waals surface area contributed by atoms with Crippen LogP contribution in [0.1, 0.15) is 29.7 Å². The van der Waals surface area contributed by atoms with E-state index < -0.39 is 5.60 Å². The fourth-order valence-corrected chi connectivity index (χ4v) is 4.73. The average Bonchev–Trinajstić information content (AvgIpc) is 2.96. The molecule has 1 aromatic heterocycles. The van der Waals surface area contributed by atoms with Gasteiger partial charge in [-0.15, -0.1) is 0 Å². The van der Waals surface area contributed by atoms with Crippen LogP contribution in [0.25, 0.3) is 0 Å². The zero-order chi connectivity index (χ0) is 20.6. The molecule has 0 saturated carbocycles. The molecular weight excluding hydrogens is 382 g/mol. The van der Waals surface area contributed by atoms with Crippen molar-refractivity contribution in [1.82, 2.24) is 19.8 Å². The highest BCUT2D eigenvalue weighted by molar-refractivity contribution is 5.78. The summed E-state index contributed by atoms with van der Waals surface area (Å²) >= 11 is 0. The third-order valence-corrected chi connectivity index (χ3v) is 6.38. The van der Waals surface area contributed by atoms with Crippen molar-refractivity contribution in [3.05, 3.63) is 47.3 Å². The zero-order valence-corrected chi connectivity index (χ0v) is 17.0. The number of ether oxygens (including phenoxy) is 2. The lowest BCUT2D eigenvalue weighted by Gasteiger charge is -2.44. The average molecular weight is 409 g/mol. The maximum atomic E-state index is 13.0. The van der Waals surface area contributed by atoms with E-state index in [2.05, 4.69) is 20.9 Å². The molecule has 2 N–H and O–H groups in total. The summed E-state index contributed by atoms with van der Waals surface area (Å²) in [6, 6.07) is 8.04. The quantitative estimate of drug-likeness (QED) is 0.800. The molecule has 1 spiro atoms. The Balaban J connectivity index is 1.24. The van der Waals surface area contributed by atoms with E-state index in [1.807, 2.05) is 29.3 Å². The van der Waals surface area contributed by atoms with Gasteiger partial charge in [-0.2, -0.15) is 0 Å². The minimum Gasteiger partial charge on any atom is -0.492 e. The lowest BCUT2D eigenvalue weighted by atomic mass is 9.83. The van der Waals surface area contributed by atoms with E-state index in [-0.39, 0.29) is 11.9 Å². The van der Waals surface area contributed by atoms with E-state index in [0.717, 1.165) is 54.9 Å². The second-order valence-electron chi connectivity index (χ2n) is 8.24.